The Hall–Kier alpha value is -3.10. The van der Waals surface area contributed by atoms with E-state index in [1.807, 2.05) is 0 Å². The van der Waals surface area contributed by atoms with Gasteiger partial charge in [-0.1, -0.05) is 0 Å². The standard InChI is InChI=1S/C15H12F3N3O3/c16-15(17,18)11-3-6-14(24)21(8-11)9-13(23)20-19-7-10-1-4-12(22)5-2-10/h1-8,22H,9H2,(H,20,23)/b19-7-. The fourth-order valence-electron chi connectivity index (χ4n) is 1.75. The van der Waals surface area contributed by atoms with Crippen LogP contribution < -0.4 is 11.0 Å². The molecule has 0 spiro atoms. The van der Waals surface area contributed by atoms with Crippen molar-refractivity contribution in [3.63, 3.8) is 0 Å². The molecule has 0 fully saturated rings. The van der Waals surface area contributed by atoms with Crippen molar-refractivity contribution in [2.75, 3.05) is 0 Å². The summed E-state index contributed by atoms with van der Waals surface area (Å²) in [5.41, 5.74) is 0.933. The number of phenolic OH excluding ortho intramolecular Hbond substituents is 1. The molecule has 1 heterocycles. The number of amides is 1. The van der Waals surface area contributed by atoms with Gasteiger partial charge in [-0.25, -0.2) is 5.43 Å². The maximum atomic E-state index is 12.6. The van der Waals surface area contributed by atoms with E-state index in [4.69, 9.17) is 5.11 Å². The number of alkyl halides is 3. The first-order valence-electron chi connectivity index (χ1n) is 6.64. The number of phenols is 1. The average Bonchev–Trinajstić information content (AvgIpc) is 2.50. The van der Waals surface area contributed by atoms with Gasteiger partial charge in [0.05, 0.1) is 11.8 Å². The maximum Gasteiger partial charge on any atom is 0.417 e. The van der Waals surface area contributed by atoms with Gasteiger partial charge >= 0.3 is 6.18 Å². The molecule has 126 valence electrons. The van der Waals surface area contributed by atoms with E-state index >= 15 is 0 Å². The number of nitrogens with one attached hydrogen (secondary N) is 1. The lowest BCUT2D eigenvalue weighted by atomic mass is 10.2. The zero-order valence-electron chi connectivity index (χ0n) is 12.1. The van der Waals surface area contributed by atoms with Gasteiger partial charge in [0.15, 0.2) is 0 Å². The van der Waals surface area contributed by atoms with Crippen LogP contribution >= 0.6 is 0 Å². The summed E-state index contributed by atoms with van der Waals surface area (Å²) in [4.78, 5) is 23.2. The third kappa shape index (κ3) is 4.70. The van der Waals surface area contributed by atoms with Crippen molar-refractivity contribution in [3.05, 3.63) is 64.1 Å². The van der Waals surface area contributed by atoms with Crippen molar-refractivity contribution in [2.45, 2.75) is 12.7 Å². The number of halogens is 3. The van der Waals surface area contributed by atoms with Gasteiger partial charge in [-0.05, 0) is 35.9 Å². The highest BCUT2D eigenvalue weighted by atomic mass is 19.4. The van der Waals surface area contributed by atoms with Crippen molar-refractivity contribution < 1.29 is 23.1 Å². The largest absolute Gasteiger partial charge is 0.508 e. The predicted octanol–water partition coefficient (Wildman–Crippen LogP) is 1.72. The number of aromatic nitrogens is 1. The Kier molecular flexibility index (Phi) is 5.02. The molecule has 1 aromatic carbocycles. The molecule has 0 atom stereocenters. The Morgan fingerprint density at radius 2 is 1.88 bits per heavy atom. The fraction of sp³-hybridized carbons (Fsp3) is 0.133. The molecular weight excluding hydrogens is 327 g/mol. The Balaban J connectivity index is 2.02. The summed E-state index contributed by atoms with van der Waals surface area (Å²) < 4.78 is 38.4. The number of pyridine rings is 1. The number of rotatable bonds is 4. The van der Waals surface area contributed by atoms with E-state index in [2.05, 4.69) is 10.5 Å². The van der Waals surface area contributed by atoms with Crippen molar-refractivity contribution in [1.29, 1.82) is 0 Å². The molecule has 0 saturated carbocycles. The van der Waals surface area contributed by atoms with Crippen LogP contribution in [0.4, 0.5) is 13.2 Å². The second-order valence-electron chi connectivity index (χ2n) is 4.77. The molecule has 0 bridgehead atoms. The maximum absolute atomic E-state index is 12.6. The number of hydrogen-bond acceptors (Lipinski definition) is 4. The molecule has 0 aliphatic heterocycles. The quantitative estimate of drug-likeness (QED) is 0.657. The number of aromatic hydroxyl groups is 1. The van der Waals surface area contributed by atoms with E-state index in [1.165, 1.54) is 18.3 Å². The number of hydrazone groups is 1. The van der Waals surface area contributed by atoms with Crippen LogP contribution in [-0.4, -0.2) is 21.8 Å². The SMILES string of the molecule is O=C(Cn1cc(C(F)(F)F)ccc1=O)N/N=C\c1ccc(O)cc1. The van der Waals surface area contributed by atoms with E-state index in [0.29, 0.717) is 22.4 Å². The monoisotopic (exact) mass is 339 g/mol. The van der Waals surface area contributed by atoms with Crippen molar-refractivity contribution in [1.82, 2.24) is 9.99 Å². The molecule has 0 aliphatic rings. The molecule has 2 aromatic rings. The highest BCUT2D eigenvalue weighted by Gasteiger charge is 2.31. The van der Waals surface area contributed by atoms with Crippen LogP contribution in [0.1, 0.15) is 11.1 Å². The lowest BCUT2D eigenvalue weighted by molar-refractivity contribution is -0.138. The van der Waals surface area contributed by atoms with Gasteiger partial charge in [0, 0.05) is 12.3 Å². The van der Waals surface area contributed by atoms with Crippen LogP contribution in [0.25, 0.3) is 0 Å². The summed E-state index contributed by atoms with van der Waals surface area (Å²) in [6.45, 7) is -0.602. The van der Waals surface area contributed by atoms with Crippen molar-refractivity contribution >= 4 is 12.1 Å². The Morgan fingerprint density at radius 3 is 2.50 bits per heavy atom. The molecule has 0 saturated heterocycles. The topological polar surface area (TPSA) is 83.7 Å². The molecule has 0 aliphatic carbocycles. The zero-order chi connectivity index (χ0) is 17.7. The molecule has 6 nitrogen and oxygen atoms in total. The van der Waals surface area contributed by atoms with Gasteiger partial charge in [-0.3, -0.25) is 9.59 Å². The minimum absolute atomic E-state index is 0.0695. The molecule has 24 heavy (non-hydrogen) atoms. The third-order valence-corrected chi connectivity index (χ3v) is 2.92. The first-order valence-corrected chi connectivity index (χ1v) is 6.64. The second kappa shape index (κ2) is 6.99. The normalized spacial score (nSPS) is 11.6. The summed E-state index contributed by atoms with van der Waals surface area (Å²) >= 11 is 0. The predicted molar refractivity (Wildman–Crippen MR) is 79.5 cm³/mol. The van der Waals surface area contributed by atoms with Crippen molar-refractivity contribution in [2.24, 2.45) is 5.10 Å². The van der Waals surface area contributed by atoms with Crippen LogP contribution in [0.5, 0.6) is 5.75 Å². The summed E-state index contributed by atoms with van der Waals surface area (Å²) in [5.74, 6) is -0.688. The van der Waals surface area contributed by atoms with Gasteiger partial charge in [0.2, 0.25) is 0 Å². The lowest BCUT2D eigenvalue weighted by Gasteiger charge is -2.09. The molecule has 9 heteroatoms. The summed E-state index contributed by atoms with van der Waals surface area (Å²) in [6.07, 6.45) is -2.75. The average molecular weight is 339 g/mol. The molecule has 0 unspecified atom stereocenters. The molecule has 0 radical (unpaired) electrons. The number of nitrogens with zero attached hydrogens (tertiary/aromatic N) is 2. The first-order chi connectivity index (χ1) is 11.3. The van der Waals surface area contributed by atoms with E-state index in [0.717, 1.165) is 6.07 Å². The molecule has 2 rings (SSSR count). The van der Waals surface area contributed by atoms with Gasteiger partial charge in [-0.2, -0.15) is 18.3 Å². The Bertz CT molecular complexity index is 811. The minimum atomic E-state index is -4.61. The van der Waals surface area contributed by atoms with E-state index in [1.54, 1.807) is 12.1 Å². The molecule has 2 N–H and O–H groups in total. The van der Waals surface area contributed by atoms with E-state index in [-0.39, 0.29) is 5.75 Å². The molecular formula is C15H12F3N3O3. The summed E-state index contributed by atoms with van der Waals surface area (Å²) in [5, 5.41) is 12.7. The van der Waals surface area contributed by atoms with Crippen LogP contribution in [-0.2, 0) is 17.5 Å². The van der Waals surface area contributed by atoms with Crippen LogP contribution in [0.2, 0.25) is 0 Å². The van der Waals surface area contributed by atoms with Crippen LogP contribution in [0, 0.1) is 0 Å². The third-order valence-electron chi connectivity index (χ3n) is 2.92. The van der Waals surface area contributed by atoms with Gasteiger partial charge in [-0.15, -0.1) is 0 Å². The highest BCUT2D eigenvalue weighted by Crippen LogP contribution is 2.27. The smallest absolute Gasteiger partial charge is 0.417 e. The number of carbonyl (C=O) groups is 1. The number of benzene rings is 1. The number of hydrogen-bond donors (Lipinski definition) is 2. The van der Waals surface area contributed by atoms with Gasteiger partial charge < -0.3 is 9.67 Å². The summed E-state index contributed by atoms with van der Waals surface area (Å²) in [6, 6.07) is 7.33. The fourth-order valence-corrected chi connectivity index (χ4v) is 1.75. The first kappa shape index (κ1) is 17.3. The minimum Gasteiger partial charge on any atom is -0.508 e. The van der Waals surface area contributed by atoms with Gasteiger partial charge in [0.25, 0.3) is 11.5 Å². The van der Waals surface area contributed by atoms with Crippen LogP contribution in [0.15, 0.2) is 52.5 Å². The highest BCUT2D eigenvalue weighted by molar-refractivity contribution is 5.82. The Morgan fingerprint density at radius 1 is 1.21 bits per heavy atom. The molecule has 1 amide bonds. The second-order valence-corrected chi connectivity index (χ2v) is 4.77. The van der Waals surface area contributed by atoms with E-state index < -0.39 is 29.8 Å². The molecule has 1 aromatic heterocycles. The zero-order valence-corrected chi connectivity index (χ0v) is 12.1. The van der Waals surface area contributed by atoms with E-state index in [9.17, 15) is 22.8 Å². The van der Waals surface area contributed by atoms with Gasteiger partial charge in [0.1, 0.15) is 12.3 Å². The van der Waals surface area contributed by atoms with Crippen molar-refractivity contribution in [3.8, 4) is 5.75 Å². The number of carbonyl (C=O) groups excluding carboxylic acids is 1. The lowest BCUT2D eigenvalue weighted by Crippen LogP contribution is -2.30. The van der Waals surface area contributed by atoms with Crippen LogP contribution in [0.3, 0.4) is 0 Å². The summed E-state index contributed by atoms with van der Waals surface area (Å²) in [7, 11) is 0. The Labute approximate surface area is 133 Å².